The molecule has 0 N–H and O–H groups in total. The molecule has 0 atom stereocenters. The number of nitrogens with zero attached hydrogens (tertiary/aromatic N) is 2. The van der Waals surface area contributed by atoms with Crippen molar-refractivity contribution in [2.75, 3.05) is 7.11 Å². The Balaban J connectivity index is 2.21. The molecule has 3 nitrogen and oxygen atoms in total. The van der Waals surface area contributed by atoms with E-state index in [1.54, 1.807) is 19.5 Å². The van der Waals surface area contributed by atoms with Crippen molar-refractivity contribution in [3.63, 3.8) is 0 Å². The highest BCUT2D eigenvalue weighted by molar-refractivity contribution is 6.17. The van der Waals surface area contributed by atoms with Crippen LogP contribution in [0.4, 0.5) is 0 Å². The lowest BCUT2D eigenvalue weighted by Gasteiger charge is -2.36. The summed E-state index contributed by atoms with van der Waals surface area (Å²) in [6.07, 6.45) is 7.96. The lowest BCUT2D eigenvalue weighted by atomic mass is 9.79. The van der Waals surface area contributed by atoms with Crippen LogP contribution >= 0.6 is 11.6 Å². The molecule has 1 aromatic rings. The van der Waals surface area contributed by atoms with Crippen LogP contribution in [0.1, 0.15) is 44.0 Å². The van der Waals surface area contributed by atoms with Gasteiger partial charge < -0.3 is 4.74 Å². The van der Waals surface area contributed by atoms with Gasteiger partial charge in [-0.15, -0.1) is 11.6 Å². The fraction of sp³-hybridized carbons (Fsp3) is 0.692. The lowest BCUT2D eigenvalue weighted by Crippen LogP contribution is -2.35. The van der Waals surface area contributed by atoms with Crippen LogP contribution in [0.3, 0.4) is 0 Å². The molecule has 0 radical (unpaired) electrons. The second-order valence-electron chi connectivity index (χ2n) is 4.93. The van der Waals surface area contributed by atoms with Crippen molar-refractivity contribution in [1.82, 2.24) is 9.97 Å². The van der Waals surface area contributed by atoms with E-state index in [2.05, 4.69) is 16.9 Å². The van der Waals surface area contributed by atoms with Crippen molar-refractivity contribution >= 4 is 11.6 Å². The summed E-state index contributed by atoms with van der Waals surface area (Å²) in [4.78, 5) is 8.84. The minimum Gasteiger partial charge on any atom is -0.370 e. The fourth-order valence-corrected chi connectivity index (χ4v) is 2.54. The Labute approximate surface area is 108 Å². The minimum absolute atomic E-state index is 0.280. The van der Waals surface area contributed by atoms with Crippen LogP contribution in [0.15, 0.2) is 12.4 Å². The number of aromatic nitrogens is 2. The van der Waals surface area contributed by atoms with Crippen molar-refractivity contribution in [2.45, 2.75) is 44.1 Å². The quantitative estimate of drug-likeness (QED) is 0.777. The molecule has 0 amide bonds. The van der Waals surface area contributed by atoms with E-state index >= 15 is 0 Å². The molecule has 0 aliphatic heterocycles. The Hall–Kier alpha value is -0.670. The van der Waals surface area contributed by atoms with Gasteiger partial charge in [0.15, 0.2) is 5.82 Å². The van der Waals surface area contributed by atoms with Crippen LogP contribution in [-0.4, -0.2) is 17.1 Å². The third-order valence-corrected chi connectivity index (χ3v) is 4.05. The highest BCUT2D eigenvalue weighted by Gasteiger charge is 2.38. The molecule has 1 fully saturated rings. The van der Waals surface area contributed by atoms with E-state index in [-0.39, 0.29) is 5.60 Å². The van der Waals surface area contributed by atoms with E-state index < -0.39 is 0 Å². The summed E-state index contributed by atoms with van der Waals surface area (Å²) in [5, 5.41) is 0. The largest absolute Gasteiger partial charge is 0.370 e. The Morgan fingerprint density at radius 2 is 1.94 bits per heavy atom. The first-order valence-corrected chi connectivity index (χ1v) is 6.66. The Bertz CT molecular complexity index is 358. The lowest BCUT2D eigenvalue weighted by molar-refractivity contribution is -0.0597. The molecule has 1 saturated carbocycles. The predicted octanol–water partition coefficient (Wildman–Crippen LogP) is 3.27. The predicted molar refractivity (Wildman–Crippen MR) is 67.9 cm³/mol. The third-order valence-electron chi connectivity index (χ3n) is 3.74. The minimum atomic E-state index is -0.280. The van der Waals surface area contributed by atoms with E-state index in [0.29, 0.717) is 5.88 Å². The molecule has 0 saturated heterocycles. The number of ether oxygens (including phenoxy) is 1. The Morgan fingerprint density at radius 1 is 1.35 bits per heavy atom. The second-order valence-corrected chi connectivity index (χ2v) is 5.20. The summed E-state index contributed by atoms with van der Waals surface area (Å²) in [5.74, 6) is 2.04. The van der Waals surface area contributed by atoms with Crippen molar-refractivity contribution < 1.29 is 4.74 Å². The van der Waals surface area contributed by atoms with E-state index in [0.717, 1.165) is 30.1 Å². The SMILES string of the molecule is COC1(c2ncc(CCl)cn2)CCC(C)CC1. The molecule has 1 aliphatic rings. The summed E-state index contributed by atoms with van der Waals surface area (Å²) in [6, 6.07) is 0. The average molecular weight is 255 g/mol. The first-order valence-electron chi connectivity index (χ1n) is 6.13. The van der Waals surface area contributed by atoms with Gasteiger partial charge in [-0.3, -0.25) is 0 Å². The Morgan fingerprint density at radius 3 is 2.41 bits per heavy atom. The summed E-state index contributed by atoms with van der Waals surface area (Å²) >= 11 is 5.74. The smallest absolute Gasteiger partial charge is 0.160 e. The molecular formula is C13H19ClN2O. The molecule has 1 aromatic heterocycles. The van der Waals surface area contributed by atoms with Gasteiger partial charge in [-0.05, 0) is 31.6 Å². The van der Waals surface area contributed by atoms with E-state index in [4.69, 9.17) is 16.3 Å². The van der Waals surface area contributed by atoms with Gasteiger partial charge in [-0.2, -0.15) is 0 Å². The third kappa shape index (κ3) is 2.61. The van der Waals surface area contributed by atoms with Gasteiger partial charge in [0.25, 0.3) is 0 Å². The van der Waals surface area contributed by atoms with Gasteiger partial charge in [0.1, 0.15) is 5.60 Å². The number of alkyl halides is 1. The Kier molecular flexibility index (Phi) is 4.00. The molecule has 1 heterocycles. The molecule has 1 aliphatic carbocycles. The standard InChI is InChI=1S/C13H19ClN2O/c1-10-3-5-13(17-2,6-4-10)12-15-8-11(7-14)9-16-12/h8-10H,3-7H2,1-2H3. The number of methoxy groups -OCH3 is 1. The maximum atomic E-state index is 5.74. The fourth-order valence-electron chi connectivity index (χ4n) is 2.41. The zero-order chi connectivity index (χ0) is 12.3. The summed E-state index contributed by atoms with van der Waals surface area (Å²) in [7, 11) is 1.76. The van der Waals surface area contributed by atoms with Crippen LogP contribution in [0.2, 0.25) is 0 Å². The molecule has 94 valence electrons. The zero-order valence-electron chi connectivity index (χ0n) is 10.4. The van der Waals surface area contributed by atoms with Crippen LogP contribution in [0.25, 0.3) is 0 Å². The van der Waals surface area contributed by atoms with Crippen LogP contribution in [0.5, 0.6) is 0 Å². The average Bonchev–Trinajstić information content (AvgIpc) is 2.40. The van der Waals surface area contributed by atoms with Crippen molar-refractivity contribution in [3.05, 3.63) is 23.8 Å². The van der Waals surface area contributed by atoms with Crippen LogP contribution < -0.4 is 0 Å². The van der Waals surface area contributed by atoms with Crippen molar-refractivity contribution in [1.29, 1.82) is 0 Å². The number of halogens is 1. The van der Waals surface area contributed by atoms with Gasteiger partial charge in [-0.25, -0.2) is 9.97 Å². The number of rotatable bonds is 3. The highest BCUT2D eigenvalue weighted by Crippen LogP contribution is 2.40. The molecule has 4 heteroatoms. The van der Waals surface area contributed by atoms with E-state index in [1.165, 1.54) is 12.8 Å². The molecule has 0 bridgehead atoms. The molecule has 0 spiro atoms. The first-order chi connectivity index (χ1) is 8.20. The molecule has 0 unspecified atom stereocenters. The van der Waals surface area contributed by atoms with Crippen molar-refractivity contribution in [3.8, 4) is 0 Å². The second kappa shape index (κ2) is 5.32. The summed E-state index contributed by atoms with van der Waals surface area (Å²) in [5.41, 5.74) is 0.669. The van der Waals surface area contributed by atoms with Gasteiger partial charge in [-0.1, -0.05) is 6.92 Å². The monoisotopic (exact) mass is 254 g/mol. The summed E-state index contributed by atoms with van der Waals surface area (Å²) < 4.78 is 5.73. The molecule has 2 rings (SSSR count). The van der Waals surface area contributed by atoms with E-state index in [1.807, 2.05) is 0 Å². The summed E-state index contributed by atoms with van der Waals surface area (Å²) in [6.45, 7) is 2.29. The molecule has 17 heavy (non-hydrogen) atoms. The van der Waals surface area contributed by atoms with E-state index in [9.17, 15) is 0 Å². The van der Waals surface area contributed by atoms with Crippen molar-refractivity contribution in [2.24, 2.45) is 5.92 Å². The molecule has 0 aromatic carbocycles. The van der Waals surface area contributed by atoms with Gasteiger partial charge >= 0.3 is 0 Å². The number of hydrogen-bond donors (Lipinski definition) is 0. The zero-order valence-corrected chi connectivity index (χ0v) is 11.2. The van der Waals surface area contributed by atoms with Gasteiger partial charge in [0.2, 0.25) is 0 Å². The van der Waals surface area contributed by atoms with Crippen LogP contribution in [-0.2, 0) is 16.2 Å². The van der Waals surface area contributed by atoms with Crippen LogP contribution in [0, 0.1) is 5.92 Å². The maximum Gasteiger partial charge on any atom is 0.160 e. The first kappa shape index (κ1) is 12.8. The van der Waals surface area contributed by atoms with Gasteiger partial charge in [0, 0.05) is 25.1 Å². The number of hydrogen-bond acceptors (Lipinski definition) is 3. The molecular weight excluding hydrogens is 236 g/mol. The topological polar surface area (TPSA) is 35.0 Å². The normalized spacial score (nSPS) is 29.2. The maximum absolute atomic E-state index is 5.74. The highest BCUT2D eigenvalue weighted by atomic mass is 35.5. The van der Waals surface area contributed by atoms with Gasteiger partial charge in [0.05, 0.1) is 5.88 Å².